The zero-order chi connectivity index (χ0) is 14.3. The van der Waals surface area contributed by atoms with E-state index in [4.69, 9.17) is 0 Å². The van der Waals surface area contributed by atoms with Gasteiger partial charge in [0.25, 0.3) is 0 Å². The predicted octanol–water partition coefficient (Wildman–Crippen LogP) is 1.40. The molecule has 0 radical (unpaired) electrons. The van der Waals surface area contributed by atoms with Crippen molar-refractivity contribution in [3.63, 3.8) is 0 Å². The standard InChI is InChI=1S/C15H25N3O/c1-5-18(4)14(13-9-7-6-8-10-13)15(19)17-11-12(2)16-3/h6-10,12,14,16H,5,11H2,1-4H3,(H,17,19). The van der Waals surface area contributed by atoms with Crippen LogP contribution in [0.15, 0.2) is 30.3 Å². The summed E-state index contributed by atoms with van der Waals surface area (Å²) in [5.74, 6) is 0.0534. The third kappa shape index (κ3) is 4.65. The molecule has 1 amide bonds. The van der Waals surface area contributed by atoms with Crippen molar-refractivity contribution in [3.8, 4) is 0 Å². The van der Waals surface area contributed by atoms with E-state index in [1.807, 2.05) is 51.4 Å². The molecule has 2 atom stereocenters. The quantitative estimate of drug-likeness (QED) is 0.781. The monoisotopic (exact) mass is 263 g/mol. The van der Waals surface area contributed by atoms with Crippen molar-refractivity contribution in [3.05, 3.63) is 35.9 Å². The van der Waals surface area contributed by atoms with E-state index in [0.29, 0.717) is 6.54 Å². The molecule has 4 heteroatoms. The molecular formula is C15H25N3O. The molecule has 0 aliphatic rings. The summed E-state index contributed by atoms with van der Waals surface area (Å²) in [5.41, 5.74) is 1.03. The Morgan fingerprint density at radius 3 is 2.47 bits per heavy atom. The fraction of sp³-hybridized carbons (Fsp3) is 0.533. The zero-order valence-electron chi connectivity index (χ0n) is 12.3. The lowest BCUT2D eigenvalue weighted by molar-refractivity contribution is -0.126. The van der Waals surface area contributed by atoms with E-state index in [1.165, 1.54) is 0 Å². The van der Waals surface area contributed by atoms with Crippen molar-refractivity contribution in [1.82, 2.24) is 15.5 Å². The van der Waals surface area contributed by atoms with E-state index in [1.54, 1.807) is 0 Å². The molecule has 106 valence electrons. The van der Waals surface area contributed by atoms with Gasteiger partial charge in [0.2, 0.25) is 5.91 Å². The number of hydrogen-bond acceptors (Lipinski definition) is 3. The lowest BCUT2D eigenvalue weighted by Gasteiger charge is -2.27. The highest BCUT2D eigenvalue weighted by Crippen LogP contribution is 2.18. The first-order valence-corrected chi connectivity index (χ1v) is 6.80. The van der Waals surface area contributed by atoms with E-state index in [2.05, 4.69) is 22.5 Å². The molecule has 0 saturated carbocycles. The molecular weight excluding hydrogens is 238 g/mol. The summed E-state index contributed by atoms with van der Waals surface area (Å²) < 4.78 is 0. The maximum Gasteiger partial charge on any atom is 0.242 e. The predicted molar refractivity (Wildman–Crippen MR) is 79.0 cm³/mol. The Bertz CT molecular complexity index is 380. The average Bonchev–Trinajstić information content (AvgIpc) is 2.45. The second kappa shape index (κ2) is 7.92. The van der Waals surface area contributed by atoms with Crippen molar-refractivity contribution in [1.29, 1.82) is 0 Å². The smallest absolute Gasteiger partial charge is 0.242 e. The minimum atomic E-state index is -0.227. The summed E-state index contributed by atoms with van der Waals surface area (Å²) in [7, 11) is 3.86. The number of amides is 1. The summed E-state index contributed by atoms with van der Waals surface area (Å²) in [6, 6.07) is 9.94. The summed E-state index contributed by atoms with van der Waals surface area (Å²) in [6.07, 6.45) is 0. The second-order valence-electron chi connectivity index (χ2n) is 4.82. The fourth-order valence-electron chi connectivity index (χ4n) is 1.88. The SMILES string of the molecule is CCN(C)C(C(=O)NCC(C)NC)c1ccccc1. The molecule has 1 rings (SSSR count). The lowest BCUT2D eigenvalue weighted by atomic mass is 10.0. The molecule has 2 N–H and O–H groups in total. The van der Waals surface area contributed by atoms with Gasteiger partial charge in [-0.15, -0.1) is 0 Å². The van der Waals surface area contributed by atoms with E-state index in [-0.39, 0.29) is 18.0 Å². The molecule has 0 bridgehead atoms. The van der Waals surface area contributed by atoms with Gasteiger partial charge < -0.3 is 10.6 Å². The van der Waals surface area contributed by atoms with Gasteiger partial charge in [-0.3, -0.25) is 9.69 Å². The van der Waals surface area contributed by atoms with Crippen LogP contribution >= 0.6 is 0 Å². The third-order valence-corrected chi connectivity index (χ3v) is 3.38. The second-order valence-corrected chi connectivity index (χ2v) is 4.82. The van der Waals surface area contributed by atoms with Gasteiger partial charge in [-0.25, -0.2) is 0 Å². The first kappa shape index (κ1) is 15.7. The van der Waals surface area contributed by atoms with Crippen LogP contribution in [-0.4, -0.2) is 44.0 Å². The maximum absolute atomic E-state index is 12.4. The van der Waals surface area contributed by atoms with E-state index < -0.39 is 0 Å². The van der Waals surface area contributed by atoms with Crippen molar-refractivity contribution >= 4 is 5.91 Å². The van der Waals surface area contributed by atoms with Gasteiger partial charge in [0, 0.05) is 12.6 Å². The minimum Gasteiger partial charge on any atom is -0.353 e. The van der Waals surface area contributed by atoms with Crippen LogP contribution < -0.4 is 10.6 Å². The average molecular weight is 263 g/mol. The van der Waals surface area contributed by atoms with Crippen LogP contribution in [0.3, 0.4) is 0 Å². The van der Waals surface area contributed by atoms with Gasteiger partial charge in [-0.05, 0) is 33.1 Å². The molecule has 0 fully saturated rings. The molecule has 0 aromatic heterocycles. The van der Waals surface area contributed by atoms with Gasteiger partial charge in [-0.2, -0.15) is 0 Å². The molecule has 1 aromatic carbocycles. The van der Waals surface area contributed by atoms with Crippen molar-refractivity contribution in [2.75, 3.05) is 27.2 Å². The zero-order valence-corrected chi connectivity index (χ0v) is 12.3. The van der Waals surface area contributed by atoms with Gasteiger partial charge in [0.1, 0.15) is 6.04 Å². The molecule has 4 nitrogen and oxygen atoms in total. The van der Waals surface area contributed by atoms with Crippen LogP contribution in [0.2, 0.25) is 0 Å². The lowest BCUT2D eigenvalue weighted by Crippen LogP contribution is -2.43. The van der Waals surface area contributed by atoms with Crippen molar-refractivity contribution < 1.29 is 4.79 Å². The molecule has 19 heavy (non-hydrogen) atoms. The molecule has 1 aromatic rings. The number of rotatable bonds is 7. The van der Waals surface area contributed by atoms with Gasteiger partial charge in [0.15, 0.2) is 0 Å². The van der Waals surface area contributed by atoms with E-state index in [0.717, 1.165) is 12.1 Å². The topological polar surface area (TPSA) is 44.4 Å². The Morgan fingerprint density at radius 2 is 1.95 bits per heavy atom. The largest absolute Gasteiger partial charge is 0.353 e. The van der Waals surface area contributed by atoms with Crippen LogP contribution in [0.25, 0.3) is 0 Å². The van der Waals surface area contributed by atoms with Crippen LogP contribution in [0, 0.1) is 0 Å². The molecule has 2 unspecified atom stereocenters. The summed E-state index contributed by atoms with van der Waals surface area (Å²) in [5, 5.41) is 6.12. The highest BCUT2D eigenvalue weighted by atomic mass is 16.2. The molecule has 0 heterocycles. The molecule has 0 spiro atoms. The Balaban J connectivity index is 2.77. The molecule has 0 aliphatic heterocycles. The minimum absolute atomic E-state index is 0.0534. The van der Waals surface area contributed by atoms with Crippen LogP contribution in [-0.2, 0) is 4.79 Å². The third-order valence-electron chi connectivity index (χ3n) is 3.38. The van der Waals surface area contributed by atoms with E-state index >= 15 is 0 Å². The Morgan fingerprint density at radius 1 is 1.32 bits per heavy atom. The molecule has 0 aliphatic carbocycles. The Hall–Kier alpha value is -1.39. The summed E-state index contributed by atoms with van der Waals surface area (Å²) in [4.78, 5) is 14.4. The number of nitrogens with one attached hydrogen (secondary N) is 2. The van der Waals surface area contributed by atoms with E-state index in [9.17, 15) is 4.79 Å². The highest BCUT2D eigenvalue weighted by molar-refractivity contribution is 5.83. The number of carbonyl (C=O) groups is 1. The maximum atomic E-state index is 12.4. The number of hydrogen-bond donors (Lipinski definition) is 2. The van der Waals surface area contributed by atoms with Crippen molar-refractivity contribution in [2.45, 2.75) is 25.9 Å². The Labute approximate surface area is 116 Å². The normalized spacial score (nSPS) is 14.2. The van der Waals surface area contributed by atoms with Crippen LogP contribution in [0.5, 0.6) is 0 Å². The number of benzene rings is 1. The number of nitrogens with zero attached hydrogens (tertiary/aromatic N) is 1. The fourth-order valence-corrected chi connectivity index (χ4v) is 1.88. The Kier molecular flexibility index (Phi) is 6.53. The first-order chi connectivity index (χ1) is 9.10. The van der Waals surface area contributed by atoms with Crippen molar-refractivity contribution in [2.24, 2.45) is 0 Å². The summed E-state index contributed by atoms with van der Waals surface area (Å²) in [6.45, 7) is 5.56. The van der Waals surface area contributed by atoms with Crippen LogP contribution in [0.4, 0.5) is 0 Å². The number of likely N-dealkylation sites (N-methyl/N-ethyl adjacent to an activating group) is 2. The molecule has 0 saturated heterocycles. The number of carbonyl (C=O) groups excluding carboxylic acids is 1. The summed E-state index contributed by atoms with van der Waals surface area (Å²) >= 11 is 0. The first-order valence-electron chi connectivity index (χ1n) is 6.80. The van der Waals surface area contributed by atoms with Gasteiger partial charge >= 0.3 is 0 Å². The van der Waals surface area contributed by atoms with Crippen LogP contribution in [0.1, 0.15) is 25.5 Å². The highest BCUT2D eigenvalue weighted by Gasteiger charge is 2.23. The van der Waals surface area contributed by atoms with Gasteiger partial charge in [0.05, 0.1) is 0 Å². The van der Waals surface area contributed by atoms with Gasteiger partial charge in [-0.1, -0.05) is 37.3 Å².